The van der Waals surface area contributed by atoms with Crippen molar-refractivity contribution in [2.24, 2.45) is 0 Å². The molecular weight excluding hydrogens is 345 g/mol. The number of benzene rings is 3. The van der Waals surface area contributed by atoms with E-state index in [1.807, 2.05) is 31.2 Å². The van der Waals surface area contributed by atoms with Gasteiger partial charge in [-0.3, -0.25) is 4.79 Å². The number of para-hydroxylation sites is 1. The van der Waals surface area contributed by atoms with Gasteiger partial charge in [-0.1, -0.05) is 24.3 Å². The summed E-state index contributed by atoms with van der Waals surface area (Å²) in [6.07, 6.45) is 0. The molecule has 0 saturated carbocycles. The molecule has 0 saturated heterocycles. The number of anilines is 1. The molecule has 0 radical (unpaired) electrons. The van der Waals surface area contributed by atoms with Crippen LogP contribution in [0.25, 0.3) is 11.1 Å². The number of methoxy groups -OCH3 is 1. The third-order valence-corrected chi connectivity index (χ3v) is 4.95. The molecular formula is C22H18FNO3. The van der Waals surface area contributed by atoms with Crippen molar-refractivity contribution in [1.82, 2.24) is 0 Å². The Morgan fingerprint density at radius 3 is 2.63 bits per heavy atom. The van der Waals surface area contributed by atoms with E-state index in [0.717, 1.165) is 22.4 Å². The first kappa shape index (κ1) is 17.1. The average Bonchev–Trinajstić information content (AvgIpc) is 2.68. The first-order chi connectivity index (χ1) is 13.0. The Morgan fingerprint density at radius 2 is 1.85 bits per heavy atom. The maximum absolute atomic E-state index is 13.9. The van der Waals surface area contributed by atoms with E-state index in [9.17, 15) is 14.3 Å². The SMILES string of the molecule is COc1cc(C(=O)N2c3ccccc3-c3ccc(F)cc3[C@@H]2C)ccc1O. The number of phenolic OH excluding ortho intramolecular Hbond substituents is 1. The van der Waals surface area contributed by atoms with Crippen molar-refractivity contribution in [3.63, 3.8) is 0 Å². The number of ether oxygens (including phenoxy) is 1. The molecule has 0 fully saturated rings. The highest BCUT2D eigenvalue weighted by Crippen LogP contribution is 2.45. The molecule has 5 heteroatoms. The van der Waals surface area contributed by atoms with Gasteiger partial charge in [-0.05, 0) is 54.4 Å². The second-order valence-electron chi connectivity index (χ2n) is 6.49. The summed E-state index contributed by atoms with van der Waals surface area (Å²) >= 11 is 0. The van der Waals surface area contributed by atoms with Gasteiger partial charge in [-0.25, -0.2) is 4.39 Å². The van der Waals surface area contributed by atoms with Crippen molar-refractivity contribution < 1.29 is 19.0 Å². The lowest BCUT2D eigenvalue weighted by Gasteiger charge is -2.37. The molecule has 0 unspecified atom stereocenters. The van der Waals surface area contributed by atoms with E-state index in [2.05, 4.69) is 0 Å². The Morgan fingerprint density at radius 1 is 1.07 bits per heavy atom. The molecule has 1 aliphatic heterocycles. The molecule has 3 aromatic rings. The zero-order valence-electron chi connectivity index (χ0n) is 14.9. The van der Waals surface area contributed by atoms with E-state index < -0.39 is 0 Å². The minimum Gasteiger partial charge on any atom is -0.504 e. The van der Waals surface area contributed by atoms with Crippen molar-refractivity contribution in [1.29, 1.82) is 0 Å². The normalized spacial score (nSPS) is 15.1. The van der Waals surface area contributed by atoms with E-state index >= 15 is 0 Å². The predicted molar refractivity (Wildman–Crippen MR) is 102 cm³/mol. The van der Waals surface area contributed by atoms with Crippen LogP contribution in [0, 0.1) is 5.82 Å². The van der Waals surface area contributed by atoms with Gasteiger partial charge in [0.2, 0.25) is 0 Å². The molecule has 4 nitrogen and oxygen atoms in total. The van der Waals surface area contributed by atoms with Crippen LogP contribution in [0.3, 0.4) is 0 Å². The Labute approximate surface area is 156 Å². The van der Waals surface area contributed by atoms with Gasteiger partial charge in [0.1, 0.15) is 5.82 Å². The number of nitrogens with zero attached hydrogens (tertiary/aromatic N) is 1. The van der Waals surface area contributed by atoms with Crippen LogP contribution in [0.2, 0.25) is 0 Å². The number of phenols is 1. The molecule has 0 bridgehead atoms. The van der Waals surface area contributed by atoms with Crippen LogP contribution in [0.1, 0.15) is 28.9 Å². The van der Waals surface area contributed by atoms with E-state index in [4.69, 9.17) is 4.74 Å². The number of hydrogen-bond donors (Lipinski definition) is 1. The van der Waals surface area contributed by atoms with Crippen molar-refractivity contribution in [2.75, 3.05) is 12.0 Å². The van der Waals surface area contributed by atoms with Gasteiger partial charge >= 0.3 is 0 Å². The molecule has 0 aromatic heterocycles. The number of carbonyl (C=O) groups is 1. The molecule has 1 atom stereocenters. The summed E-state index contributed by atoms with van der Waals surface area (Å²) < 4.78 is 19.0. The summed E-state index contributed by atoms with van der Waals surface area (Å²) in [6, 6.07) is 16.4. The number of rotatable bonds is 2. The van der Waals surface area contributed by atoms with Gasteiger partial charge in [-0.2, -0.15) is 0 Å². The lowest BCUT2D eigenvalue weighted by atomic mass is 9.88. The average molecular weight is 363 g/mol. The Hall–Kier alpha value is -3.34. The van der Waals surface area contributed by atoms with Crippen molar-refractivity contribution in [3.8, 4) is 22.6 Å². The van der Waals surface area contributed by atoms with Crippen LogP contribution >= 0.6 is 0 Å². The summed E-state index contributed by atoms with van der Waals surface area (Å²) in [4.78, 5) is 15.0. The van der Waals surface area contributed by atoms with E-state index in [1.165, 1.54) is 31.4 Å². The molecule has 1 heterocycles. The molecule has 27 heavy (non-hydrogen) atoms. The maximum atomic E-state index is 13.9. The number of halogens is 1. The van der Waals surface area contributed by atoms with Crippen LogP contribution < -0.4 is 9.64 Å². The zero-order chi connectivity index (χ0) is 19.1. The quantitative estimate of drug-likeness (QED) is 0.702. The zero-order valence-corrected chi connectivity index (χ0v) is 14.9. The second kappa shape index (κ2) is 6.43. The second-order valence-corrected chi connectivity index (χ2v) is 6.49. The van der Waals surface area contributed by atoms with Gasteiger partial charge in [0.05, 0.1) is 18.8 Å². The van der Waals surface area contributed by atoms with Gasteiger partial charge < -0.3 is 14.7 Å². The number of aromatic hydroxyl groups is 1. The van der Waals surface area contributed by atoms with Gasteiger partial charge in [0.25, 0.3) is 5.91 Å². The number of carbonyl (C=O) groups excluding carboxylic acids is 1. The van der Waals surface area contributed by atoms with Crippen LogP contribution in [0.4, 0.5) is 10.1 Å². The molecule has 1 aliphatic rings. The largest absolute Gasteiger partial charge is 0.504 e. The van der Waals surface area contributed by atoms with Crippen molar-refractivity contribution in [2.45, 2.75) is 13.0 Å². The fraction of sp³-hybridized carbons (Fsp3) is 0.136. The third-order valence-electron chi connectivity index (χ3n) is 4.95. The molecule has 4 rings (SSSR count). The van der Waals surface area contributed by atoms with Crippen LogP contribution in [0.5, 0.6) is 11.5 Å². The standard InChI is InChI=1S/C22H18FNO3/c1-13-18-12-15(23)8-9-16(18)17-5-3-4-6-19(17)24(13)22(26)14-7-10-20(25)21(11-14)27-2/h3-13,25H,1-2H3/t13-/m0/s1. The fourth-order valence-electron chi connectivity index (χ4n) is 3.62. The number of fused-ring (bicyclic) bond motifs is 3. The topological polar surface area (TPSA) is 49.8 Å². The van der Waals surface area contributed by atoms with E-state index in [-0.39, 0.29) is 29.3 Å². The highest BCUT2D eigenvalue weighted by atomic mass is 19.1. The van der Waals surface area contributed by atoms with Gasteiger partial charge in [0, 0.05) is 11.1 Å². The van der Waals surface area contributed by atoms with Crippen molar-refractivity contribution in [3.05, 3.63) is 77.6 Å². The minimum atomic E-state index is -0.349. The summed E-state index contributed by atoms with van der Waals surface area (Å²) in [5.74, 6) is -0.388. The third kappa shape index (κ3) is 2.72. The Kier molecular flexibility index (Phi) is 4.07. The van der Waals surface area contributed by atoms with Crippen LogP contribution in [-0.2, 0) is 0 Å². The fourth-order valence-corrected chi connectivity index (χ4v) is 3.62. The van der Waals surface area contributed by atoms with Gasteiger partial charge in [-0.15, -0.1) is 0 Å². The lowest BCUT2D eigenvalue weighted by Crippen LogP contribution is -2.36. The molecule has 0 aliphatic carbocycles. The molecule has 136 valence electrons. The maximum Gasteiger partial charge on any atom is 0.258 e. The highest BCUT2D eigenvalue weighted by molar-refractivity contribution is 6.10. The monoisotopic (exact) mass is 363 g/mol. The Bertz CT molecular complexity index is 1050. The van der Waals surface area contributed by atoms with Gasteiger partial charge in [0.15, 0.2) is 11.5 Å². The van der Waals surface area contributed by atoms with Crippen molar-refractivity contribution >= 4 is 11.6 Å². The minimum absolute atomic E-state index is 0.0337. The van der Waals surface area contributed by atoms with E-state index in [0.29, 0.717) is 5.56 Å². The smallest absolute Gasteiger partial charge is 0.258 e. The molecule has 3 aromatic carbocycles. The molecule has 0 spiro atoms. The van der Waals surface area contributed by atoms with E-state index in [1.54, 1.807) is 17.0 Å². The summed E-state index contributed by atoms with van der Waals surface area (Å²) in [5, 5.41) is 9.81. The summed E-state index contributed by atoms with van der Waals surface area (Å²) in [7, 11) is 1.43. The number of hydrogen-bond acceptors (Lipinski definition) is 3. The van der Waals surface area contributed by atoms with Crippen LogP contribution in [-0.4, -0.2) is 18.1 Å². The first-order valence-electron chi connectivity index (χ1n) is 8.60. The molecule has 1 N–H and O–H groups in total. The molecule has 1 amide bonds. The Balaban J connectivity index is 1.87. The number of amides is 1. The lowest BCUT2D eigenvalue weighted by molar-refractivity contribution is 0.0977. The first-order valence-corrected chi connectivity index (χ1v) is 8.60. The summed E-state index contributed by atoms with van der Waals surface area (Å²) in [5.41, 5.74) is 3.71. The van der Waals surface area contributed by atoms with Crippen LogP contribution in [0.15, 0.2) is 60.7 Å². The summed E-state index contributed by atoms with van der Waals surface area (Å²) in [6.45, 7) is 1.88. The highest BCUT2D eigenvalue weighted by Gasteiger charge is 2.33. The predicted octanol–water partition coefficient (Wildman–Crippen LogP) is 4.93.